The predicted octanol–water partition coefficient (Wildman–Crippen LogP) is 2.54. The lowest BCUT2D eigenvalue weighted by Gasteiger charge is -2.39. The van der Waals surface area contributed by atoms with Gasteiger partial charge in [0.15, 0.2) is 0 Å². The zero-order valence-electron chi connectivity index (χ0n) is 20.5. The lowest BCUT2D eigenvalue weighted by molar-refractivity contribution is -0.128. The first-order valence-corrected chi connectivity index (χ1v) is 12.7. The van der Waals surface area contributed by atoms with Crippen molar-refractivity contribution < 1.29 is 28.6 Å². The molecular weight excluding hydrogens is 479 g/mol. The lowest BCUT2D eigenvalue weighted by atomic mass is 9.96. The SMILES string of the molecule is C=CC(=O)N1CCN2C(=O)c3c(N4CCOCC4)nc(-c4c(O)cccc4F)c(C4CC4)c3OCC2C1. The van der Waals surface area contributed by atoms with E-state index in [-0.39, 0.29) is 41.7 Å². The van der Waals surface area contributed by atoms with Gasteiger partial charge in [-0.15, -0.1) is 0 Å². The number of halogens is 1. The third kappa shape index (κ3) is 4.09. The molecule has 194 valence electrons. The number of anilines is 1. The highest BCUT2D eigenvalue weighted by Gasteiger charge is 2.43. The second-order valence-corrected chi connectivity index (χ2v) is 9.86. The van der Waals surface area contributed by atoms with E-state index < -0.39 is 5.82 Å². The number of amides is 2. The van der Waals surface area contributed by atoms with Gasteiger partial charge < -0.3 is 29.3 Å². The third-order valence-electron chi connectivity index (χ3n) is 7.56. The van der Waals surface area contributed by atoms with Gasteiger partial charge >= 0.3 is 0 Å². The molecule has 37 heavy (non-hydrogen) atoms. The summed E-state index contributed by atoms with van der Waals surface area (Å²) < 4.78 is 27.1. The molecule has 4 aliphatic rings. The summed E-state index contributed by atoms with van der Waals surface area (Å²) in [6, 6.07) is 3.85. The summed E-state index contributed by atoms with van der Waals surface area (Å²) in [5.74, 6) is -0.302. The third-order valence-corrected chi connectivity index (χ3v) is 7.56. The Labute approximate surface area is 214 Å². The van der Waals surface area contributed by atoms with Crippen LogP contribution in [0.5, 0.6) is 11.5 Å². The fourth-order valence-electron chi connectivity index (χ4n) is 5.52. The van der Waals surface area contributed by atoms with Gasteiger partial charge in [0.05, 0.1) is 30.5 Å². The molecule has 1 aliphatic carbocycles. The van der Waals surface area contributed by atoms with Crippen molar-refractivity contribution in [2.24, 2.45) is 0 Å². The number of aromatic hydroxyl groups is 1. The topological polar surface area (TPSA) is 95.4 Å². The van der Waals surface area contributed by atoms with Gasteiger partial charge in [-0.05, 0) is 37.0 Å². The van der Waals surface area contributed by atoms with E-state index in [1.54, 1.807) is 9.80 Å². The molecule has 4 heterocycles. The van der Waals surface area contributed by atoms with E-state index in [2.05, 4.69) is 6.58 Å². The van der Waals surface area contributed by atoms with Crippen molar-refractivity contribution in [1.82, 2.24) is 14.8 Å². The molecule has 1 unspecified atom stereocenters. The van der Waals surface area contributed by atoms with Gasteiger partial charge in [0.2, 0.25) is 5.91 Å². The largest absolute Gasteiger partial charge is 0.507 e. The number of phenolic OH excluding ortho intramolecular Hbond substituents is 1. The van der Waals surface area contributed by atoms with Crippen molar-refractivity contribution in [3.63, 3.8) is 0 Å². The minimum absolute atomic E-state index is 0.0162. The summed E-state index contributed by atoms with van der Waals surface area (Å²) in [5, 5.41) is 10.7. The van der Waals surface area contributed by atoms with E-state index in [0.29, 0.717) is 74.3 Å². The Morgan fingerprint density at radius 3 is 2.65 bits per heavy atom. The van der Waals surface area contributed by atoms with Crippen LogP contribution < -0.4 is 9.64 Å². The highest BCUT2D eigenvalue weighted by atomic mass is 19.1. The van der Waals surface area contributed by atoms with Gasteiger partial charge in [-0.2, -0.15) is 0 Å². The van der Waals surface area contributed by atoms with Crippen molar-refractivity contribution in [1.29, 1.82) is 0 Å². The number of rotatable bonds is 4. The van der Waals surface area contributed by atoms with Gasteiger partial charge in [-0.3, -0.25) is 9.59 Å². The summed E-state index contributed by atoms with van der Waals surface area (Å²) >= 11 is 0. The molecule has 0 spiro atoms. The summed E-state index contributed by atoms with van der Waals surface area (Å²) in [5.41, 5.74) is 1.37. The van der Waals surface area contributed by atoms with Crippen LogP contribution in [0.15, 0.2) is 30.9 Å². The van der Waals surface area contributed by atoms with Crippen molar-refractivity contribution in [2.75, 3.05) is 57.4 Å². The fourth-order valence-corrected chi connectivity index (χ4v) is 5.52. The van der Waals surface area contributed by atoms with Crippen molar-refractivity contribution in [3.8, 4) is 22.8 Å². The molecule has 10 heteroatoms. The summed E-state index contributed by atoms with van der Waals surface area (Å²) in [6.07, 6.45) is 3.00. The molecule has 3 aliphatic heterocycles. The van der Waals surface area contributed by atoms with Gasteiger partial charge in [0.25, 0.3) is 5.91 Å². The van der Waals surface area contributed by atoms with Crippen LogP contribution in [0, 0.1) is 5.82 Å². The monoisotopic (exact) mass is 508 g/mol. The molecule has 6 rings (SSSR count). The van der Waals surface area contributed by atoms with Gasteiger partial charge in [0, 0.05) is 38.3 Å². The number of fused-ring (bicyclic) bond motifs is 2. The number of nitrogens with zero attached hydrogens (tertiary/aromatic N) is 4. The molecule has 3 fully saturated rings. The lowest BCUT2D eigenvalue weighted by Crippen LogP contribution is -2.57. The number of hydrogen-bond donors (Lipinski definition) is 1. The number of morpholine rings is 1. The average Bonchev–Trinajstić information content (AvgIpc) is 3.77. The number of hydrogen-bond acceptors (Lipinski definition) is 7. The van der Waals surface area contributed by atoms with E-state index in [1.165, 1.54) is 24.3 Å². The second kappa shape index (κ2) is 9.33. The molecule has 0 radical (unpaired) electrons. The molecule has 1 N–H and O–H groups in total. The van der Waals surface area contributed by atoms with Gasteiger partial charge in [0.1, 0.15) is 35.3 Å². The summed E-state index contributed by atoms with van der Waals surface area (Å²) in [4.78, 5) is 36.8. The zero-order valence-corrected chi connectivity index (χ0v) is 20.5. The highest BCUT2D eigenvalue weighted by molar-refractivity contribution is 6.04. The van der Waals surface area contributed by atoms with Crippen molar-refractivity contribution >= 4 is 17.6 Å². The minimum atomic E-state index is -0.585. The molecule has 1 aromatic heterocycles. The number of ether oxygens (including phenoxy) is 2. The van der Waals surface area contributed by atoms with Gasteiger partial charge in [-0.1, -0.05) is 12.6 Å². The number of benzene rings is 1. The molecule has 0 bridgehead atoms. The summed E-state index contributed by atoms with van der Waals surface area (Å²) in [7, 11) is 0. The zero-order chi connectivity index (χ0) is 25.7. The Bertz CT molecular complexity index is 1250. The number of piperazine rings is 1. The first-order chi connectivity index (χ1) is 18.0. The van der Waals surface area contributed by atoms with E-state index >= 15 is 4.39 Å². The Morgan fingerprint density at radius 1 is 1.16 bits per heavy atom. The Balaban J connectivity index is 1.53. The molecule has 1 saturated carbocycles. The predicted molar refractivity (Wildman–Crippen MR) is 133 cm³/mol. The Morgan fingerprint density at radius 2 is 1.95 bits per heavy atom. The standard InChI is InChI=1S/C27H29FN4O5/c1-2-20(34)31-8-9-32-17(14-31)15-37-25-21(16-6-7-16)24(22-18(28)4-3-5-19(22)33)29-26(23(25)27(32)35)30-10-12-36-13-11-30/h2-5,16-17,33H,1,6-15H2. The quantitative estimate of drug-likeness (QED) is 0.635. The smallest absolute Gasteiger partial charge is 0.261 e. The summed E-state index contributed by atoms with van der Waals surface area (Å²) in [6.45, 7) is 6.86. The van der Waals surface area contributed by atoms with Crippen LogP contribution in [-0.4, -0.2) is 90.3 Å². The first kappa shape index (κ1) is 23.7. The normalized spacial score (nSPS) is 21.6. The van der Waals surface area contributed by atoms with Gasteiger partial charge in [-0.25, -0.2) is 9.37 Å². The van der Waals surface area contributed by atoms with E-state index in [9.17, 15) is 14.7 Å². The van der Waals surface area contributed by atoms with Crippen LogP contribution in [0.4, 0.5) is 10.2 Å². The number of carbonyl (C=O) groups is 2. The number of carbonyl (C=O) groups excluding carboxylic acids is 2. The molecule has 1 aromatic carbocycles. The molecular formula is C27H29FN4O5. The van der Waals surface area contributed by atoms with E-state index in [1.807, 2.05) is 4.90 Å². The maximum atomic E-state index is 15.2. The maximum absolute atomic E-state index is 15.2. The number of aromatic nitrogens is 1. The van der Waals surface area contributed by atoms with E-state index in [4.69, 9.17) is 14.5 Å². The van der Waals surface area contributed by atoms with Crippen LogP contribution in [-0.2, 0) is 9.53 Å². The van der Waals surface area contributed by atoms with Crippen LogP contribution in [0.25, 0.3) is 11.3 Å². The van der Waals surface area contributed by atoms with Crippen LogP contribution in [0.1, 0.15) is 34.7 Å². The van der Waals surface area contributed by atoms with Crippen LogP contribution in [0.3, 0.4) is 0 Å². The molecule has 9 nitrogen and oxygen atoms in total. The molecule has 2 aromatic rings. The highest BCUT2D eigenvalue weighted by Crippen LogP contribution is 2.53. The van der Waals surface area contributed by atoms with Crippen molar-refractivity contribution in [3.05, 3.63) is 47.8 Å². The fraction of sp³-hybridized carbons (Fsp3) is 0.444. The Hall–Kier alpha value is -3.66. The number of pyridine rings is 1. The molecule has 1 atom stereocenters. The Kier molecular flexibility index (Phi) is 5.98. The number of phenols is 1. The van der Waals surface area contributed by atoms with Crippen molar-refractivity contribution in [2.45, 2.75) is 24.8 Å². The second-order valence-electron chi connectivity index (χ2n) is 9.86. The molecule has 2 amide bonds. The van der Waals surface area contributed by atoms with Crippen LogP contribution >= 0.6 is 0 Å². The van der Waals surface area contributed by atoms with Crippen LogP contribution in [0.2, 0.25) is 0 Å². The molecule has 2 saturated heterocycles. The van der Waals surface area contributed by atoms with E-state index in [0.717, 1.165) is 12.8 Å². The minimum Gasteiger partial charge on any atom is -0.507 e. The maximum Gasteiger partial charge on any atom is 0.261 e. The first-order valence-electron chi connectivity index (χ1n) is 12.7. The average molecular weight is 509 g/mol.